The van der Waals surface area contributed by atoms with Gasteiger partial charge in [0.25, 0.3) is 0 Å². The molecule has 0 bridgehead atoms. The topological polar surface area (TPSA) is 58.9 Å². The van der Waals surface area contributed by atoms with E-state index in [9.17, 15) is 12.3 Å². The van der Waals surface area contributed by atoms with Crippen LogP contribution in [0.4, 0.5) is 3.89 Å². The van der Waals surface area contributed by atoms with Gasteiger partial charge in [0.2, 0.25) is 0 Å². The second-order valence-corrected chi connectivity index (χ2v) is 1.83. The Morgan fingerprint density at radius 2 is 2.12 bits per heavy atom. The van der Waals surface area contributed by atoms with Crippen molar-refractivity contribution in [3.8, 4) is 0 Å². The first kappa shape index (κ1) is 7.26. The lowest BCUT2D eigenvalue weighted by Gasteiger charge is -1.68. The third-order valence-corrected chi connectivity index (χ3v) is 0.550. The normalized spacial score (nSPS) is 9.75. The zero-order valence-electron chi connectivity index (χ0n) is 4.00. The van der Waals surface area contributed by atoms with Gasteiger partial charge in [-0.1, -0.05) is 8.28 Å². The van der Waals surface area contributed by atoms with Crippen molar-refractivity contribution >= 4 is 16.4 Å². The van der Waals surface area contributed by atoms with Crippen molar-refractivity contribution in [2.75, 3.05) is 7.05 Å². The van der Waals surface area contributed by atoms with Crippen LogP contribution in [0.2, 0.25) is 0 Å². The first-order valence-electron chi connectivity index (χ1n) is 1.56. The molecule has 0 atom stereocenters. The number of hydrogen-bond acceptors (Lipinski definition) is 3. The van der Waals surface area contributed by atoms with Crippen molar-refractivity contribution in [3.05, 3.63) is 0 Å². The van der Waals surface area contributed by atoms with Crippen molar-refractivity contribution in [2.45, 2.75) is 0 Å². The molecule has 0 spiro atoms. The Balaban J connectivity index is 4.37. The number of rotatable bonds is 1. The van der Waals surface area contributed by atoms with E-state index in [0.717, 1.165) is 0 Å². The maximum absolute atomic E-state index is 11.3. The minimum atomic E-state index is -4.77. The molecule has 0 heterocycles. The Kier molecular flexibility index (Phi) is 2.30. The van der Waals surface area contributed by atoms with E-state index in [0.29, 0.717) is 0 Å². The van der Waals surface area contributed by atoms with Gasteiger partial charge in [-0.25, -0.2) is 4.99 Å². The summed E-state index contributed by atoms with van der Waals surface area (Å²) in [6.07, 6.45) is 0. The van der Waals surface area contributed by atoms with Crippen LogP contribution in [0.5, 0.6) is 0 Å². The molecule has 0 saturated heterocycles. The molecule has 8 heavy (non-hydrogen) atoms. The average Bonchev–Trinajstić information content (AvgIpc) is 1.59. The van der Waals surface area contributed by atoms with E-state index < -0.39 is 10.4 Å². The molecule has 0 saturated carbocycles. The zero-order valence-corrected chi connectivity index (χ0v) is 4.81. The van der Waals surface area contributed by atoms with Crippen LogP contribution in [0, 0.1) is 0 Å². The summed E-state index contributed by atoms with van der Waals surface area (Å²) in [5.41, 5.74) is 0. The monoisotopic (exact) mass is 138 g/mol. The molecular weight excluding hydrogens is 135 g/mol. The van der Waals surface area contributed by atoms with Gasteiger partial charge in [-0.05, 0) is 0 Å². The Bertz CT molecular complexity index is 212. The van der Waals surface area contributed by atoms with E-state index in [4.69, 9.17) is 0 Å². The molecular formula is C2H3FN2O2S. The minimum absolute atomic E-state index is 1.23. The molecule has 0 unspecified atom stereocenters. The van der Waals surface area contributed by atoms with Gasteiger partial charge in [0, 0.05) is 7.05 Å². The molecule has 0 aromatic rings. The van der Waals surface area contributed by atoms with Gasteiger partial charge in [-0.3, -0.25) is 0 Å². The molecule has 0 aliphatic heterocycles. The fourth-order valence-corrected chi connectivity index (χ4v) is 0.269. The Hall–Kier alpha value is -0.740. The van der Waals surface area contributed by atoms with Crippen LogP contribution >= 0.6 is 0 Å². The van der Waals surface area contributed by atoms with E-state index in [-0.39, 0.29) is 0 Å². The van der Waals surface area contributed by atoms with Crippen LogP contribution in [0.25, 0.3) is 0 Å². The molecule has 0 N–H and O–H groups in total. The fraction of sp³-hybridized carbons (Fsp3) is 0.500. The van der Waals surface area contributed by atoms with Gasteiger partial charge in [-0.15, -0.1) is 0 Å². The number of nitrogens with zero attached hydrogens (tertiary/aromatic N) is 2. The third-order valence-electron chi connectivity index (χ3n) is 0.250. The van der Waals surface area contributed by atoms with E-state index in [2.05, 4.69) is 9.39 Å². The van der Waals surface area contributed by atoms with Gasteiger partial charge in [0.05, 0.1) is 0 Å². The SMILES string of the molecule is CN=C=NS(=O)(=O)F. The lowest BCUT2D eigenvalue weighted by Crippen LogP contribution is -1.79. The highest BCUT2D eigenvalue weighted by Crippen LogP contribution is 1.87. The van der Waals surface area contributed by atoms with Gasteiger partial charge in [0.15, 0.2) is 0 Å². The molecule has 0 rings (SSSR count). The number of halogens is 1. The zero-order chi connectivity index (χ0) is 6.62. The molecule has 0 aliphatic rings. The molecule has 0 aromatic heterocycles. The van der Waals surface area contributed by atoms with Gasteiger partial charge >= 0.3 is 10.4 Å². The predicted octanol–water partition coefficient (Wildman–Crippen LogP) is 0.00440. The summed E-state index contributed by atoms with van der Waals surface area (Å²) >= 11 is 0. The van der Waals surface area contributed by atoms with Gasteiger partial charge in [0.1, 0.15) is 6.01 Å². The average molecular weight is 138 g/mol. The summed E-state index contributed by atoms with van der Waals surface area (Å²) in [6, 6.07) is 1.58. The summed E-state index contributed by atoms with van der Waals surface area (Å²) in [7, 11) is -3.54. The van der Waals surface area contributed by atoms with Crippen molar-refractivity contribution in [2.24, 2.45) is 9.39 Å². The predicted molar refractivity (Wildman–Crippen MR) is 25.8 cm³/mol. The first-order valence-corrected chi connectivity index (χ1v) is 2.91. The van der Waals surface area contributed by atoms with Crippen LogP contribution in [0.15, 0.2) is 9.39 Å². The van der Waals surface area contributed by atoms with Crippen LogP contribution in [-0.4, -0.2) is 21.5 Å². The molecule has 4 nitrogen and oxygen atoms in total. The van der Waals surface area contributed by atoms with E-state index in [1.165, 1.54) is 7.05 Å². The molecule has 0 aromatic carbocycles. The van der Waals surface area contributed by atoms with Crippen molar-refractivity contribution in [3.63, 3.8) is 0 Å². The second kappa shape index (κ2) is 2.54. The van der Waals surface area contributed by atoms with Crippen molar-refractivity contribution < 1.29 is 12.3 Å². The highest BCUT2D eigenvalue weighted by Gasteiger charge is 1.97. The Morgan fingerprint density at radius 1 is 1.62 bits per heavy atom. The summed E-state index contributed by atoms with van der Waals surface area (Å²) in [5.74, 6) is 0. The Labute approximate surface area is 46.1 Å². The maximum atomic E-state index is 11.3. The summed E-state index contributed by atoms with van der Waals surface area (Å²) < 4.78 is 32.4. The quantitative estimate of drug-likeness (QED) is 0.378. The lowest BCUT2D eigenvalue weighted by atomic mass is 11.4. The molecule has 6 heteroatoms. The van der Waals surface area contributed by atoms with E-state index in [1.54, 1.807) is 6.01 Å². The van der Waals surface area contributed by atoms with Gasteiger partial charge < -0.3 is 0 Å². The second-order valence-electron chi connectivity index (χ2n) is 0.827. The number of hydrogen-bond donors (Lipinski definition) is 0. The maximum Gasteiger partial charge on any atom is 0.427 e. The largest absolute Gasteiger partial charge is 0.427 e. The van der Waals surface area contributed by atoms with Crippen LogP contribution < -0.4 is 0 Å². The van der Waals surface area contributed by atoms with E-state index >= 15 is 0 Å². The standard InChI is InChI=1S/C2H3FN2O2S/c1-4-2-5-8(3,6)7/h1H3. The lowest BCUT2D eigenvalue weighted by molar-refractivity contribution is 0.554. The summed E-state index contributed by atoms with van der Waals surface area (Å²) in [6.45, 7) is 0. The molecule has 0 fully saturated rings. The van der Waals surface area contributed by atoms with Gasteiger partial charge in [-0.2, -0.15) is 8.42 Å². The van der Waals surface area contributed by atoms with Crippen molar-refractivity contribution in [1.82, 2.24) is 0 Å². The van der Waals surface area contributed by atoms with Crippen molar-refractivity contribution in [1.29, 1.82) is 0 Å². The molecule has 0 radical (unpaired) electrons. The fourth-order valence-electron chi connectivity index (χ4n) is 0.0896. The smallest absolute Gasteiger partial charge is 0.228 e. The number of aliphatic imine (C=N–C) groups is 1. The minimum Gasteiger partial charge on any atom is -0.228 e. The highest BCUT2D eigenvalue weighted by atomic mass is 32.3. The molecule has 46 valence electrons. The van der Waals surface area contributed by atoms with Crippen LogP contribution in [0.1, 0.15) is 0 Å². The van der Waals surface area contributed by atoms with Crippen LogP contribution in [-0.2, 0) is 10.4 Å². The molecule has 0 amide bonds. The summed E-state index contributed by atoms with van der Waals surface area (Å²) in [5, 5.41) is 0. The Morgan fingerprint density at radius 3 is 2.25 bits per heavy atom. The van der Waals surface area contributed by atoms with E-state index in [1.807, 2.05) is 0 Å². The molecule has 0 aliphatic carbocycles. The highest BCUT2D eigenvalue weighted by molar-refractivity contribution is 7.85. The summed E-state index contributed by atoms with van der Waals surface area (Å²) in [4.78, 5) is 2.99. The third kappa shape index (κ3) is 5.26. The first-order chi connectivity index (χ1) is 3.56. The van der Waals surface area contributed by atoms with Crippen LogP contribution in [0.3, 0.4) is 0 Å².